The summed E-state index contributed by atoms with van der Waals surface area (Å²) in [4.78, 5) is 35.4. The van der Waals surface area contributed by atoms with Gasteiger partial charge in [-0.25, -0.2) is 4.79 Å². The largest absolute Gasteiger partial charge is 0.497 e. The van der Waals surface area contributed by atoms with Gasteiger partial charge in [0.25, 0.3) is 5.91 Å². The summed E-state index contributed by atoms with van der Waals surface area (Å²) >= 11 is 0. The lowest BCUT2D eigenvalue weighted by Gasteiger charge is -2.40. The fraction of sp³-hybridized carbons (Fsp3) is 0.424. The number of aromatic nitrogens is 1. The van der Waals surface area contributed by atoms with E-state index in [0.29, 0.717) is 41.0 Å². The number of carbonyl (C=O) groups excluding carboxylic acids is 2. The number of para-hydroxylation sites is 1. The van der Waals surface area contributed by atoms with Gasteiger partial charge in [0, 0.05) is 17.3 Å². The Kier molecular flexibility index (Phi) is 8.99. The van der Waals surface area contributed by atoms with Crippen molar-refractivity contribution in [1.82, 2.24) is 4.98 Å². The van der Waals surface area contributed by atoms with Crippen molar-refractivity contribution in [2.75, 3.05) is 24.0 Å². The Morgan fingerprint density at radius 3 is 2.38 bits per heavy atom. The van der Waals surface area contributed by atoms with Crippen molar-refractivity contribution in [3.05, 3.63) is 66.2 Å². The first-order chi connectivity index (χ1) is 19.8. The van der Waals surface area contributed by atoms with Gasteiger partial charge < -0.3 is 18.9 Å². The van der Waals surface area contributed by atoms with Gasteiger partial charge in [-0.2, -0.15) is 4.98 Å². The second kappa shape index (κ2) is 12.3. The van der Waals surface area contributed by atoms with Crippen LogP contribution < -0.4 is 24.0 Å². The summed E-state index contributed by atoms with van der Waals surface area (Å²) in [7, 11) is 3.14. The summed E-state index contributed by atoms with van der Waals surface area (Å²) in [6, 6.07) is 18.3. The highest BCUT2D eigenvalue weighted by molar-refractivity contribution is 6.08. The van der Waals surface area contributed by atoms with E-state index in [9.17, 15) is 9.59 Å². The van der Waals surface area contributed by atoms with Gasteiger partial charge in [-0.15, -0.1) is 0 Å². The SMILES string of the molecule is COc1ccc(CN(C(=O)OC(C)(C)C)c2ccc3c(n2)OC(C)(CCC(C)C)C(=O)N3c2ccccc2)c(OC)c1. The van der Waals surface area contributed by atoms with E-state index in [1.165, 1.54) is 4.90 Å². The first kappa shape index (κ1) is 30.7. The highest BCUT2D eigenvalue weighted by Gasteiger charge is 2.46. The highest BCUT2D eigenvalue weighted by Crippen LogP contribution is 2.44. The summed E-state index contributed by atoms with van der Waals surface area (Å²) < 4.78 is 23.1. The third-order valence-corrected chi connectivity index (χ3v) is 6.97. The van der Waals surface area contributed by atoms with Gasteiger partial charge in [0.1, 0.15) is 28.6 Å². The summed E-state index contributed by atoms with van der Waals surface area (Å²) in [5, 5.41) is 0. The first-order valence-corrected chi connectivity index (χ1v) is 14.2. The van der Waals surface area contributed by atoms with E-state index in [1.54, 1.807) is 50.3 Å². The number of pyridine rings is 1. The predicted molar refractivity (Wildman–Crippen MR) is 163 cm³/mol. The van der Waals surface area contributed by atoms with E-state index in [1.807, 2.05) is 57.2 Å². The third-order valence-electron chi connectivity index (χ3n) is 6.97. The quantitative estimate of drug-likeness (QED) is 0.265. The standard InChI is InChI=1S/C33H41N3O6/c1-22(2)18-19-33(6)30(37)36(24-12-10-9-11-13-24)26-16-17-28(34-29(26)41-33)35(31(38)42-32(3,4)5)21-23-14-15-25(39-7)20-27(23)40-8/h9-17,20,22H,18-19,21H2,1-8H3. The van der Waals surface area contributed by atoms with E-state index in [2.05, 4.69) is 13.8 Å². The molecule has 0 saturated heterocycles. The number of hydrogen-bond acceptors (Lipinski definition) is 7. The Hall–Kier alpha value is -4.27. The van der Waals surface area contributed by atoms with Crippen LogP contribution >= 0.6 is 0 Å². The van der Waals surface area contributed by atoms with Crippen LogP contribution in [0.25, 0.3) is 0 Å². The molecule has 0 radical (unpaired) electrons. The van der Waals surface area contributed by atoms with Crippen molar-refractivity contribution in [2.45, 2.75) is 72.1 Å². The molecule has 9 nitrogen and oxygen atoms in total. The van der Waals surface area contributed by atoms with Gasteiger partial charge in [0.15, 0.2) is 5.60 Å². The summed E-state index contributed by atoms with van der Waals surface area (Å²) in [6.45, 7) is 11.6. The van der Waals surface area contributed by atoms with Gasteiger partial charge in [-0.3, -0.25) is 14.6 Å². The number of hydrogen-bond donors (Lipinski definition) is 0. The van der Waals surface area contributed by atoms with Crippen molar-refractivity contribution in [3.8, 4) is 17.4 Å². The summed E-state index contributed by atoms with van der Waals surface area (Å²) in [6.07, 6.45) is 0.722. The zero-order chi connectivity index (χ0) is 30.7. The average Bonchev–Trinajstić information content (AvgIpc) is 2.95. The Morgan fingerprint density at radius 2 is 1.76 bits per heavy atom. The van der Waals surface area contributed by atoms with E-state index in [-0.39, 0.29) is 18.3 Å². The van der Waals surface area contributed by atoms with E-state index in [0.717, 1.165) is 12.0 Å². The molecular weight excluding hydrogens is 534 g/mol. The molecule has 4 rings (SSSR count). The maximum atomic E-state index is 13.9. The molecule has 1 unspecified atom stereocenters. The third kappa shape index (κ3) is 6.78. The zero-order valence-corrected chi connectivity index (χ0v) is 25.8. The fourth-order valence-electron chi connectivity index (χ4n) is 4.69. The molecule has 3 aromatic rings. The lowest BCUT2D eigenvalue weighted by molar-refractivity contribution is -0.134. The number of rotatable bonds is 9. The maximum Gasteiger partial charge on any atom is 0.416 e. The predicted octanol–water partition coefficient (Wildman–Crippen LogP) is 7.29. The highest BCUT2D eigenvalue weighted by atomic mass is 16.6. The van der Waals surface area contributed by atoms with Crippen molar-refractivity contribution >= 4 is 29.2 Å². The Morgan fingerprint density at radius 1 is 1.05 bits per heavy atom. The van der Waals surface area contributed by atoms with E-state index >= 15 is 0 Å². The molecule has 0 saturated carbocycles. The molecule has 0 N–H and O–H groups in total. The molecule has 1 atom stereocenters. The molecule has 9 heteroatoms. The lowest BCUT2D eigenvalue weighted by atomic mass is 9.92. The van der Waals surface area contributed by atoms with Crippen molar-refractivity contribution < 1.29 is 28.5 Å². The number of carbonyl (C=O) groups is 2. The van der Waals surface area contributed by atoms with Gasteiger partial charge in [-0.1, -0.05) is 32.0 Å². The molecule has 0 bridgehead atoms. The number of fused-ring (bicyclic) bond motifs is 1. The molecule has 42 heavy (non-hydrogen) atoms. The number of benzene rings is 2. The number of methoxy groups -OCH3 is 2. The summed E-state index contributed by atoms with van der Waals surface area (Å²) in [5.74, 6) is 1.98. The second-order valence-corrected chi connectivity index (χ2v) is 12.0. The van der Waals surface area contributed by atoms with E-state index in [4.69, 9.17) is 23.9 Å². The first-order valence-electron chi connectivity index (χ1n) is 14.2. The molecule has 1 aliphatic rings. The molecule has 224 valence electrons. The topological polar surface area (TPSA) is 90.4 Å². The Balaban J connectivity index is 1.81. The number of amides is 2. The fourth-order valence-corrected chi connectivity index (χ4v) is 4.69. The average molecular weight is 576 g/mol. The molecular formula is C33H41N3O6. The van der Waals surface area contributed by atoms with Gasteiger partial charge in [0.05, 0.1) is 20.8 Å². The van der Waals surface area contributed by atoms with Crippen LogP contribution in [0.5, 0.6) is 17.4 Å². The molecule has 2 aromatic carbocycles. The van der Waals surface area contributed by atoms with E-state index < -0.39 is 17.3 Å². The minimum absolute atomic E-state index is 0.111. The van der Waals surface area contributed by atoms with Crippen molar-refractivity contribution in [3.63, 3.8) is 0 Å². The maximum absolute atomic E-state index is 13.9. The molecule has 0 fully saturated rings. The zero-order valence-electron chi connectivity index (χ0n) is 25.8. The minimum Gasteiger partial charge on any atom is -0.497 e. The van der Waals surface area contributed by atoms with Gasteiger partial charge in [-0.05, 0) is 82.9 Å². The minimum atomic E-state index is -1.14. The van der Waals surface area contributed by atoms with Crippen LogP contribution in [0, 0.1) is 5.92 Å². The number of anilines is 3. The lowest BCUT2D eigenvalue weighted by Crippen LogP contribution is -2.53. The molecule has 2 amide bonds. The Labute approximate surface area is 248 Å². The molecule has 2 heterocycles. The monoisotopic (exact) mass is 575 g/mol. The van der Waals surface area contributed by atoms with Crippen LogP contribution in [-0.2, 0) is 16.1 Å². The second-order valence-electron chi connectivity index (χ2n) is 12.0. The smallest absolute Gasteiger partial charge is 0.416 e. The van der Waals surface area contributed by atoms with Crippen molar-refractivity contribution in [2.24, 2.45) is 5.92 Å². The Bertz CT molecular complexity index is 1420. The van der Waals surface area contributed by atoms with Gasteiger partial charge >= 0.3 is 6.09 Å². The van der Waals surface area contributed by atoms with Crippen molar-refractivity contribution in [1.29, 1.82) is 0 Å². The molecule has 0 aliphatic carbocycles. The number of nitrogens with zero attached hydrogens (tertiary/aromatic N) is 3. The van der Waals surface area contributed by atoms with Crippen LogP contribution in [-0.4, -0.2) is 42.4 Å². The van der Waals surface area contributed by atoms with Crippen LogP contribution in [0.1, 0.15) is 59.9 Å². The molecule has 1 aromatic heterocycles. The summed E-state index contributed by atoms with van der Waals surface area (Å²) in [5.41, 5.74) is 0.0601. The normalized spacial score (nSPS) is 16.5. The molecule has 0 spiro atoms. The van der Waals surface area contributed by atoms with Gasteiger partial charge in [0.2, 0.25) is 5.88 Å². The van der Waals surface area contributed by atoms with Crippen LogP contribution in [0.2, 0.25) is 0 Å². The van der Waals surface area contributed by atoms with Crippen LogP contribution in [0.4, 0.5) is 22.0 Å². The molecule has 1 aliphatic heterocycles. The van der Waals surface area contributed by atoms with Crippen LogP contribution in [0.3, 0.4) is 0 Å². The van der Waals surface area contributed by atoms with Crippen LogP contribution in [0.15, 0.2) is 60.7 Å². The number of ether oxygens (including phenoxy) is 4.